The molecule has 1 aromatic carbocycles. The third-order valence-corrected chi connectivity index (χ3v) is 4.00. The molecular formula is C16H24ClNO. The van der Waals surface area contributed by atoms with E-state index in [2.05, 4.69) is 31.3 Å². The zero-order valence-corrected chi connectivity index (χ0v) is 12.8. The van der Waals surface area contributed by atoms with Crippen LogP contribution in [0, 0.1) is 5.92 Å². The van der Waals surface area contributed by atoms with E-state index in [0.717, 1.165) is 24.3 Å². The van der Waals surface area contributed by atoms with E-state index in [0.29, 0.717) is 18.5 Å². The van der Waals surface area contributed by atoms with Crippen molar-refractivity contribution in [2.75, 3.05) is 6.54 Å². The molecule has 3 heteroatoms. The molecule has 2 unspecified atom stereocenters. The molecule has 0 bridgehead atoms. The van der Waals surface area contributed by atoms with Crippen molar-refractivity contribution in [3.63, 3.8) is 0 Å². The number of benzene rings is 1. The van der Waals surface area contributed by atoms with E-state index < -0.39 is 5.60 Å². The largest absolute Gasteiger partial charge is 0.389 e. The molecule has 2 atom stereocenters. The number of hydrogen-bond acceptors (Lipinski definition) is 2. The Hall–Kier alpha value is -0.570. The van der Waals surface area contributed by atoms with Crippen molar-refractivity contribution >= 4 is 11.6 Å². The zero-order valence-electron chi connectivity index (χ0n) is 12.0. The quantitative estimate of drug-likeness (QED) is 0.862. The molecule has 2 nitrogen and oxygen atoms in total. The fourth-order valence-electron chi connectivity index (χ4n) is 3.09. The Kier molecular flexibility index (Phi) is 4.54. The van der Waals surface area contributed by atoms with Gasteiger partial charge in [0.2, 0.25) is 0 Å². The van der Waals surface area contributed by atoms with Gasteiger partial charge in [0, 0.05) is 17.6 Å². The molecule has 1 aromatic rings. The van der Waals surface area contributed by atoms with Gasteiger partial charge in [0.05, 0.1) is 5.60 Å². The minimum atomic E-state index is -0.636. The van der Waals surface area contributed by atoms with Crippen molar-refractivity contribution in [3.8, 4) is 0 Å². The summed E-state index contributed by atoms with van der Waals surface area (Å²) in [5, 5.41) is 14.7. The molecular weight excluding hydrogens is 258 g/mol. The lowest BCUT2D eigenvalue weighted by Crippen LogP contribution is -2.40. The van der Waals surface area contributed by atoms with E-state index in [4.69, 9.17) is 11.6 Å². The predicted molar refractivity (Wildman–Crippen MR) is 80.6 cm³/mol. The van der Waals surface area contributed by atoms with Crippen LogP contribution in [0.5, 0.6) is 0 Å². The zero-order chi connectivity index (χ0) is 14.0. The number of hydrogen-bond donors (Lipinski definition) is 2. The highest BCUT2D eigenvalue weighted by atomic mass is 35.5. The van der Waals surface area contributed by atoms with E-state index >= 15 is 0 Å². The smallest absolute Gasteiger partial charge is 0.0746 e. The molecule has 1 aliphatic carbocycles. The number of nitrogens with one attached hydrogen (secondary N) is 1. The molecule has 2 rings (SSSR count). The summed E-state index contributed by atoms with van der Waals surface area (Å²) in [5.74, 6) is 0.506. The number of aryl methyl sites for hydroxylation is 1. The van der Waals surface area contributed by atoms with Gasteiger partial charge < -0.3 is 10.4 Å². The molecule has 0 spiro atoms. The lowest BCUT2D eigenvalue weighted by molar-refractivity contribution is 0.0359. The second kappa shape index (κ2) is 5.82. The van der Waals surface area contributed by atoms with Gasteiger partial charge in [0.15, 0.2) is 0 Å². The Morgan fingerprint density at radius 1 is 1.47 bits per heavy atom. The normalized spacial score (nSPS) is 21.5. The standard InChI is InChI=1S/C16H24ClNO/c1-11(2)9-16(3,19)10-18-15-7-4-12-8-13(17)5-6-14(12)15/h5-6,8,11,15,18-19H,4,7,9-10H2,1-3H3. The van der Waals surface area contributed by atoms with Crippen molar-refractivity contribution in [2.24, 2.45) is 5.92 Å². The maximum Gasteiger partial charge on any atom is 0.0746 e. The van der Waals surface area contributed by atoms with Gasteiger partial charge in [-0.2, -0.15) is 0 Å². The van der Waals surface area contributed by atoms with Crippen LogP contribution in [0.2, 0.25) is 5.02 Å². The molecule has 0 saturated carbocycles. The van der Waals surface area contributed by atoms with Gasteiger partial charge >= 0.3 is 0 Å². The summed E-state index contributed by atoms with van der Waals surface area (Å²) < 4.78 is 0. The Morgan fingerprint density at radius 2 is 2.21 bits per heavy atom. The minimum Gasteiger partial charge on any atom is -0.389 e. The van der Waals surface area contributed by atoms with E-state index in [1.807, 2.05) is 13.0 Å². The van der Waals surface area contributed by atoms with Crippen LogP contribution in [-0.4, -0.2) is 17.3 Å². The third kappa shape index (κ3) is 3.95. The van der Waals surface area contributed by atoms with Gasteiger partial charge in [0.1, 0.15) is 0 Å². The Balaban J connectivity index is 1.96. The minimum absolute atomic E-state index is 0.353. The molecule has 0 aromatic heterocycles. The molecule has 0 saturated heterocycles. The highest BCUT2D eigenvalue weighted by Gasteiger charge is 2.27. The average molecular weight is 282 g/mol. The molecule has 106 valence electrons. The van der Waals surface area contributed by atoms with Gasteiger partial charge in [-0.1, -0.05) is 31.5 Å². The Bertz CT molecular complexity index is 442. The molecule has 2 N–H and O–H groups in total. The molecule has 0 fully saturated rings. The van der Waals surface area contributed by atoms with Gasteiger partial charge in [-0.3, -0.25) is 0 Å². The first-order valence-corrected chi connectivity index (χ1v) is 7.49. The Morgan fingerprint density at radius 3 is 2.89 bits per heavy atom. The van der Waals surface area contributed by atoms with Crippen LogP contribution in [-0.2, 0) is 6.42 Å². The summed E-state index contributed by atoms with van der Waals surface area (Å²) in [6, 6.07) is 6.47. The predicted octanol–water partition coefficient (Wildman–Crippen LogP) is 3.71. The van der Waals surface area contributed by atoms with E-state index in [1.54, 1.807) is 0 Å². The highest BCUT2D eigenvalue weighted by Crippen LogP contribution is 2.33. The van der Waals surface area contributed by atoms with E-state index in [1.165, 1.54) is 11.1 Å². The van der Waals surface area contributed by atoms with Crippen LogP contribution in [0.1, 0.15) is 50.8 Å². The van der Waals surface area contributed by atoms with Crippen LogP contribution in [0.3, 0.4) is 0 Å². The van der Waals surface area contributed by atoms with Crippen molar-refractivity contribution in [2.45, 2.75) is 51.7 Å². The highest BCUT2D eigenvalue weighted by molar-refractivity contribution is 6.30. The molecule has 0 amide bonds. The second-order valence-corrected chi connectivity index (χ2v) is 6.85. The maximum absolute atomic E-state index is 10.4. The summed E-state index contributed by atoms with van der Waals surface area (Å²) in [4.78, 5) is 0. The molecule has 1 aliphatic rings. The first kappa shape index (κ1) is 14.8. The number of aliphatic hydroxyl groups is 1. The summed E-state index contributed by atoms with van der Waals surface area (Å²) in [7, 11) is 0. The topological polar surface area (TPSA) is 32.3 Å². The number of halogens is 1. The Labute approximate surface area is 121 Å². The fraction of sp³-hybridized carbons (Fsp3) is 0.625. The molecule has 0 heterocycles. The number of fused-ring (bicyclic) bond motifs is 1. The summed E-state index contributed by atoms with van der Waals surface area (Å²) in [6.45, 7) is 6.83. The summed E-state index contributed by atoms with van der Waals surface area (Å²) in [6.07, 6.45) is 2.98. The van der Waals surface area contributed by atoms with Crippen LogP contribution in [0.15, 0.2) is 18.2 Å². The average Bonchev–Trinajstić information content (AvgIpc) is 2.67. The van der Waals surface area contributed by atoms with Crippen LogP contribution in [0.25, 0.3) is 0 Å². The first-order valence-electron chi connectivity index (χ1n) is 7.11. The van der Waals surface area contributed by atoms with Crippen LogP contribution < -0.4 is 5.32 Å². The molecule has 0 radical (unpaired) electrons. The first-order chi connectivity index (χ1) is 8.87. The molecule has 19 heavy (non-hydrogen) atoms. The maximum atomic E-state index is 10.4. The van der Waals surface area contributed by atoms with Gasteiger partial charge in [-0.25, -0.2) is 0 Å². The van der Waals surface area contributed by atoms with Gasteiger partial charge in [0.25, 0.3) is 0 Å². The van der Waals surface area contributed by atoms with Gasteiger partial charge in [-0.05, 0) is 55.4 Å². The summed E-state index contributed by atoms with van der Waals surface area (Å²) >= 11 is 6.02. The number of rotatable bonds is 5. The molecule has 0 aliphatic heterocycles. The fourth-order valence-corrected chi connectivity index (χ4v) is 3.29. The lowest BCUT2D eigenvalue weighted by atomic mass is 9.94. The van der Waals surface area contributed by atoms with Crippen LogP contribution in [0.4, 0.5) is 0 Å². The van der Waals surface area contributed by atoms with Crippen molar-refractivity contribution in [1.29, 1.82) is 0 Å². The van der Waals surface area contributed by atoms with Crippen LogP contribution >= 0.6 is 11.6 Å². The van der Waals surface area contributed by atoms with Crippen molar-refractivity contribution in [1.82, 2.24) is 5.32 Å². The second-order valence-electron chi connectivity index (χ2n) is 6.41. The van der Waals surface area contributed by atoms with Gasteiger partial charge in [-0.15, -0.1) is 0 Å². The van der Waals surface area contributed by atoms with Crippen molar-refractivity contribution in [3.05, 3.63) is 34.3 Å². The summed E-state index contributed by atoms with van der Waals surface area (Å²) in [5.41, 5.74) is 2.04. The third-order valence-electron chi connectivity index (χ3n) is 3.76. The SMILES string of the molecule is CC(C)CC(C)(O)CNC1CCc2cc(Cl)ccc21. The van der Waals surface area contributed by atoms with E-state index in [-0.39, 0.29) is 0 Å². The lowest BCUT2D eigenvalue weighted by Gasteiger charge is -2.27. The van der Waals surface area contributed by atoms with E-state index in [9.17, 15) is 5.11 Å². The van der Waals surface area contributed by atoms with Crippen molar-refractivity contribution < 1.29 is 5.11 Å². The monoisotopic (exact) mass is 281 g/mol.